The molecule has 4 rings (SSSR count). The zero-order chi connectivity index (χ0) is 24.0. The number of anilines is 1. The van der Waals surface area contributed by atoms with Crippen molar-refractivity contribution >= 4 is 43.2 Å². The third-order valence-corrected chi connectivity index (χ3v) is 7.57. The molecule has 1 fully saturated rings. The molecular weight excluding hydrogens is 489 g/mol. The topological polar surface area (TPSA) is 73.2 Å². The molecule has 3 aromatic rings. The number of aldehydes is 1. The summed E-state index contributed by atoms with van der Waals surface area (Å²) in [5, 5.41) is 0.954. The van der Waals surface area contributed by atoms with E-state index in [0.29, 0.717) is 12.1 Å². The molecule has 10 heteroatoms. The quantitative estimate of drug-likeness (QED) is 0.254. The van der Waals surface area contributed by atoms with Crippen LogP contribution in [0.2, 0.25) is 0 Å². The largest absolute Gasteiger partial charge is 0.474 e. The van der Waals surface area contributed by atoms with Crippen LogP contribution >= 0.6 is 20.2 Å². The smallest absolute Gasteiger partial charge is 0.355 e. The molecule has 1 aliphatic rings. The van der Waals surface area contributed by atoms with Crippen LogP contribution in [0.1, 0.15) is 24.2 Å². The lowest BCUT2D eigenvalue weighted by molar-refractivity contribution is 0.107. The number of nitrogens with zero attached hydrogens (tertiary/aromatic N) is 3. The second kappa shape index (κ2) is 12.7. The molecule has 2 heterocycles. The van der Waals surface area contributed by atoms with Crippen LogP contribution in [0, 0.1) is 0 Å². The number of rotatable bonds is 11. The monoisotopic (exact) mass is 521 g/mol. The highest BCUT2D eigenvalue weighted by atomic mass is 35.5. The number of para-hydroxylation sites is 2. The summed E-state index contributed by atoms with van der Waals surface area (Å²) in [6.45, 7) is 8.07. The number of benzene rings is 2. The van der Waals surface area contributed by atoms with Crippen LogP contribution in [0.4, 0.5) is 5.82 Å². The molecule has 1 aliphatic heterocycles. The van der Waals surface area contributed by atoms with Gasteiger partial charge in [0.2, 0.25) is 0 Å². The van der Waals surface area contributed by atoms with Crippen molar-refractivity contribution in [3.63, 3.8) is 0 Å². The summed E-state index contributed by atoms with van der Waals surface area (Å²) in [4.78, 5) is 16.8. The van der Waals surface area contributed by atoms with Crippen molar-refractivity contribution < 1.29 is 22.9 Å². The minimum absolute atomic E-state index is 0. The molecule has 0 amide bonds. The third-order valence-electron chi connectivity index (χ3n) is 5.92. The van der Waals surface area contributed by atoms with E-state index in [1.54, 1.807) is 13.8 Å². The van der Waals surface area contributed by atoms with Gasteiger partial charge in [0.15, 0.2) is 6.29 Å². The molecule has 1 saturated heterocycles. The maximum Gasteiger partial charge on any atom is 0.474 e. The van der Waals surface area contributed by atoms with Gasteiger partial charge < -0.3 is 4.90 Å². The predicted molar refractivity (Wildman–Crippen MR) is 141 cm³/mol. The van der Waals surface area contributed by atoms with Gasteiger partial charge in [0.05, 0.1) is 30.9 Å². The summed E-state index contributed by atoms with van der Waals surface area (Å²) in [7, 11) is -3.49. The Morgan fingerprint density at radius 3 is 2.14 bits per heavy atom. The van der Waals surface area contributed by atoms with Gasteiger partial charge >= 0.3 is 7.82 Å². The molecule has 0 spiro atoms. The lowest BCUT2D eigenvalue weighted by Crippen LogP contribution is -2.48. The average molecular weight is 522 g/mol. The van der Waals surface area contributed by atoms with Gasteiger partial charge in [0.25, 0.3) is 0 Å². The second-order valence-corrected chi connectivity index (χ2v) is 9.66. The van der Waals surface area contributed by atoms with Crippen LogP contribution in [0.3, 0.4) is 0 Å². The molecule has 190 valence electrons. The number of hydrogen-bond donors (Lipinski definition) is 0. The number of phosphoric acid groups is 1. The number of fused-ring (bicyclic) bond motifs is 1. The first-order valence-corrected chi connectivity index (χ1v) is 13.2. The lowest BCUT2D eigenvalue weighted by Gasteiger charge is -2.36. The van der Waals surface area contributed by atoms with E-state index in [1.807, 2.05) is 36.4 Å². The molecule has 0 atom stereocenters. The minimum atomic E-state index is -3.49. The number of carbonyl (C=O) groups is 1. The highest BCUT2D eigenvalue weighted by Gasteiger charge is 2.28. The van der Waals surface area contributed by atoms with Gasteiger partial charge in [-0.3, -0.25) is 27.8 Å². The molecule has 1 aromatic heterocycles. The molecule has 0 N–H and O–H groups in total. The number of phosphoric ester groups is 1. The van der Waals surface area contributed by atoms with Crippen molar-refractivity contribution in [2.24, 2.45) is 0 Å². The normalized spacial score (nSPS) is 14.7. The van der Waals surface area contributed by atoms with Gasteiger partial charge in [-0.05, 0) is 32.0 Å². The summed E-state index contributed by atoms with van der Waals surface area (Å²) in [5.74, 6) is 0.926. The number of aromatic nitrogens is 1. The maximum atomic E-state index is 12.5. The highest BCUT2D eigenvalue weighted by molar-refractivity contribution is 7.48. The van der Waals surface area contributed by atoms with Crippen LogP contribution in [-0.2, 0) is 18.1 Å². The van der Waals surface area contributed by atoms with Gasteiger partial charge in [-0.1, -0.05) is 36.4 Å². The molecule has 0 bridgehead atoms. The van der Waals surface area contributed by atoms with E-state index < -0.39 is 7.82 Å². The number of piperazine rings is 1. The molecule has 8 nitrogen and oxygen atoms in total. The van der Waals surface area contributed by atoms with Gasteiger partial charge in [-0.25, -0.2) is 4.57 Å². The molecule has 2 aromatic carbocycles. The second-order valence-electron chi connectivity index (χ2n) is 7.99. The Balaban J connectivity index is 0.00000342. The summed E-state index contributed by atoms with van der Waals surface area (Å²) in [6, 6.07) is 18.2. The Morgan fingerprint density at radius 2 is 1.51 bits per heavy atom. The minimum Gasteiger partial charge on any atom is -0.355 e. The average Bonchev–Trinajstić information content (AvgIpc) is 3.19. The zero-order valence-corrected chi connectivity index (χ0v) is 21.9. The summed E-state index contributed by atoms with van der Waals surface area (Å²) >= 11 is 0. The fourth-order valence-corrected chi connectivity index (χ4v) is 5.57. The number of carbonyl (C=O) groups excluding carboxylic acids is 1. The first-order valence-electron chi connectivity index (χ1n) is 11.7. The standard InChI is InChI=1S/C25H32N3O5P.ClH/c1-3-31-34(30,32-4-2)33-19-18-26-14-16-27(17-15-26)25-23(20-29)22-12-8-9-13-24(22)28(25)21-10-6-5-7-11-21;/h5-13,20H,3-4,14-19H2,1-2H3;1H. The Hall–Kier alpha value is -2.19. The molecular formula is C25H33ClN3O5P. The van der Waals surface area contributed by atoms with Gasteiger partial charge in [-0.2, -0.15) is 0 Å². The van der Waals surface area contributed by atoms with E-state index in [1.165, 1.54) is 0 Å². The van der Waals surface area contributed by atoms with E-state index >= 15 is 0 Å². The Labute approximate surface area is 212 Å². The fourth-order valence-electron chi connectivity index (χ4n) is 4.41. The van der Waals surface area contributed by atoms with Gasteiger partial charge in [0.1, 0.15) is 5.82 Å². The highest BCUT2D eigenvalue weighted by Crippen LogP contribution is 2.49. The van der Waals surface area contributed by atoms with E-state index in [2.05, 4.69) is 32.6 Å². The lowest BCUT2D eigenvalue weighted by atomic mass is 10.1. The van der Waals surface area contributed by atoms with Gasteiger partial charge in [0, 0.05) is 43.8 Å². The molecule has 0 unspecified atom stereocenters. The Kier molecular flexibility index (Phi) is 9.92. The fraction of sp³-hybridized carbons (Fsp3) is 0.400. The van der Waals surface area contributed by atoms with Crippen molar-refractivity contribution in [3.05, 3.63) is 60.2 Å². The van der Waals surface area contributed by atoms with Crippen LogP contribution in [-0.4, -0.2) is 68.3 Å². The Bertz CT molecular complexity index is 1140. The molecule has 0 saturated carbocycles. The summed E-state index contributed by atoms with van der Waals surface area (Å²) in [6.07, 6.45) is 0.969. The van der Waals surface area contributed by atoms with E-state index in [0.717, 1.165) is 54.9 Å². The van der Waals surface area contributed by atoms with Crippen molar-refractivity contribution in [3.8, 4) is 5.69 Å². The first-order chi connectivity index (χ1) is 16.6. The van der Waals surface area contributed by atoms with E-state index in [4.69, 9.17) is 13.6 Å². The number of halogens is 1. The molecule has 0 aliphatic carbocycles. The van der Waals surface area contributed by atoms with E-state index in [9.17, 15) is 9.36 Å². The zero-order valence-electron chi connectivity index (χ0n) is 20.2. The summed E-state index contributed by atoms with van der Waals surface area (Å²) < 4.78 is 30.5. The van der Waals surface area contributed by atoms with Crippen molar-refractivity contribution in [2.45, 2.75) is 13.8 Å². The SMILES string of the molecule is CCOP(=O)(OCC)OCCN1CCN(c2c(C=O)c3ccccc3n2-c2ccccc2)CC1.Cl. The van der Waals surface area contributed by atoms with E-state index in [-0.39, 0.29) is 32.2 Å². The Morgan fingerprint density at radius 1 is 0.886 bits per heavy atom. The van der Waals surface area contributed by atoms with Crippen molar-refractivity contribution in [1.29, 1.82) is 0 Å². The van der Waals surface area contributed by atoms with Crippen molar-refractivity contribution in [1.82, 2.24) is 9.47 Å². The summed E-state index contributed by atoms with van der Waals surface area (Å²) in [5.41, 5.74) is 2.76. The molecule has 35 heavy (non-hydrogen) atoms. The van der Waals surface area contributed by atoms with Crippen LogP contribution in [0.15, 0.2) is 54.6 Å². The predicted octanol–water partition coefficient (Wildman–Crippen LogP) is 5.18. The molecule has 0 radical (unpaired) electrons. The van der Waals surface area contributed by atoms with Gasteiger partial charge in [-0.15, -0.1) is 12.4 Å². The van der Waals surface area contributed by atoms with Crippen molar-refractivity contribution in [2.75, 3.05) is 57.4 Å². The number of hydrogen-bond acceptors (Lipinski definition) is 7. The van der Waals surface area contributed by atoms with Crippen LogP contribution in [0.5, 0.6) is 0 Å². The maximum absolute atomic E-state index is 12.5. The first kappa shape index (κ1) is 27.4. The van der Waals surface area contributed by atoms with Crippen LogP contribution < -0.4 is 4.90 Å². The third kappa shape index (κ3) is 6.15. The van der Waals surface area contributed by atoms with Crippen LogP contribution in [0.25, 0.3) is 16.6 Å².